The number of aromatic nitrogens is 5. The van der Waals surface area contributed by atoms with E-state index >= 15 is 0 Å². The van der Waals surface area contributed by atoms with Gasteiger partial charge in [0.2, 0.25) is 5.91 Å². The summed E-state index contributed by atoms with van der Waals surface area (Å²) >= 11 is 7.24. The van der Waals surface area contributed by atoms with Gasteiger partial charge in [0, 0.05) is 41.1 Å². The van der Waals surface area contributed by atoms with E-state index in [9.17, 15) is 58.3 Å². The van der Waals surface area contributed by atoms with Gasteiger partial charge in [-0.15, -0.1) is 0 Å². The number of fused-ring (bicyclic) bond motifs is 2. The number of alkyl halides is 8. The Labute approximate surface area is 353 Å². The Morgan fingerprint density at radius 2 is 1.69 bits per heavy atom. The number of pyridine rings is 1. The first kappa shape index (κ1) is 45.9. The van der Waals surface area contributed by atoms with E-state index in [1.165, 1.54) is 30.5 Å². The number of carbonyl (C=O) groups excluding carboxylic acids is 2. The number of carboxylic acid groups (broad SMARTS) is 1. The molecule has 5 aromatic rings. The minimum Gasteiger partial charge on any atom is -0.481 e. The van der Waals surface area contributed by atoms with E-state index in [0.29, 0.717) is 28.4 Å². The van der Waals surface area contributed by atoms with Gasteiger partial charge in [-0.25, -0.2) is 13.6 Å². The molecule has 62 heavy (non-hydrogen) atoms. The van der Waals surface area contributed by atoms with Crippen LogP contribution in [-0.2, 0) is 58.8 Å². The largest absolute Gasteiger partial charge is 0.481 e. The summed E-state index contributed by atoms with van der Waals surface area (Å²) in [5.41, 5.74) is -3.90. The summed E-state index contributed by atoms with van der Waals surface area (Å²) in [6.07, 6.45) is -12.5. The number of benzene rings is 2. The molecule has 332 valence electrons. The predicted octanol–water partition coefficient (Wildman–Crippen LogP) is 9.20. The summed E-state index contributed by atoms with van der Waals surface area (Å²) in [6, 6.07) is 6.25. The zero-order valence-electron chi connectivity index (χ0n) is 32.1. The Hall–Kier alpha value is -5.58. The number of hydrogen-bond acceptors (Lipinski definition) is 8. The Morgan fingerprint density at radius 3 is 2.31 bits per heavy atom. The van der Waals surface area contributed by atoms with Crippen LogP contribution >= 0.6 is 23.5 Å². The third kappa shape index (κ3) is 9.87. The maximum atomic E-state index is 15.0. The average Bonchev–Trinajstić information content (AvgIpc) is 3.82. The van der Waals surface area contributed by atoms with Crippen molar-refractivity contribution >= 4 is 58.2 Å². The van der Waals surface area contributed by atoms with Crippen molar-refractivity contribution in [2.24, 2.45) is 0 Å². The highest BCUT2D eigenvalue weighted by atomic mass is 35.5. The van der Waals surface area contributed by atoms with Crippen LogP contribution in [0.5, 0.6) is 0 Å². The monoisotopic (exact) mass is 923 g/mol. The van der Waals surface area contributed by atoms with Crippen molar-refractivity contribution in [2.45, 2.75) is 76.4 Å². The second kappa shape index (κ2) is 17.7. The molecule has 0 fully saturated rings. The van der Waals surface area contributed by atoms with E-state index < -0.39 is 122 Å². The highest BCUT2D eigenvalue weighted by molar-refractivity contribution is 8.00. The van der Waals surface area contributed by atoms with Gasteiger partial charge < -0.3 is 15.2 Å². The molecule has 6 rings (SSSR count). The molecule has 2 aromatic carbocycles. The number of carbonyl (C=O) groups is 3. The number of anilines is 1. The molecular formula is C38H32ClF10N7O5S. The molecule has 0 radical (unpaired) electrons. The van der Waals surface area contributed by atoms with Gasteiger partial charge in [-0.1, -0.05) is 30.7 Å². The van der Waals surface area contributed by atoms with Gasteiger partial charge in [-0.3, -0.25) is 23.9 Å². The molecule has 0 aliphatic heterocycles. The van der Waals surface area contributed by atoms with E-state index in [1.807, 2.05) is 0 Å². The van der Waals surface area contributed by atoms with Gasteiger partial charge >= 0.3 is 24.4 Å². The van der Waals surface area contributed by atoms with Crippen LogP contribution in [-0.4, -0.2) is 66.7 Å². The molecule has 0 saturated heterocycles. The van der Waals surface area contributed by atoms with Gasteiger partial charge in [0.25, 0.3) is 5.92 Å². The summed E-state index contributed by atoms with van der Waals surface area (Å²) in [5.74, 6) is -8.83. The summed E-state index contributed by atoms with van der Waals surface area (Å²) in [4.78, 5) is 42.6. The maximum Gasteiger partial charge on any atom is 0.435 e. The Balaban J connectivity index is 1.53. The number of halogens is 11. The lowest BCUT2D eigenvalue weighted by atomic mass is 9.93. The average molecular weight is 924 g/mol. The molecule has 0 saturated carbocycles. The van der Waals surface area contributed by atoms with E-state index in [1.54, 1.807) is 6.92 Å². The van der Waals surface area contributed by atoms with Crippen LogP contribution in [0.15, 0.2) is 42.5 Å². The molecule has 12 nitrogen and oxygen atoms in total. The third-order valence-corrected chi connectivity index (χ3v) is 10.5. The number of nitrogens with zero attached hydrogens (tertiary/aromatic N) is 6. The first-order valence-corrected chi connectivity index (χ1v) is 19.9. The van der Waals surface area contributed by atoms with Gasteiger partial charge in [0.15, 0.2) is 11.5 Å². The second-order valence-corrected chi connectivity index (χ2v) is 15.0. The molecule has 1 atom stereocenters. The SMILES string of the molecule is CCc1ccc(-c2ccc(Cl)c3c(N(SC)C(=O)OCCC(=O)O)nn(CC(F)(F)F)c23)c(C(Cc2cc(F)cc(F)c2)NC(=O)Cn2nc(C(F)(F)F)c3c2C(F)(F)CC3)n1. The van der Waals surface area contributed by atoms with Gasteiger partial charge in [-0.05, 0) is 61.0 Å². The third-order valence-electron chi connectivity index (χ3n) is 9.55. The van der Waals surface area contributed by atoms with Crippen molar-refractivity contribution in [1.29, 1.82) is 0 Å². The predicted molar refractivity (Wildman–Crippen MR) is 203 cm³/mol. The molecule has 1 aliphatic rings. The van der Waals surface area contributed by atoms with E-state index in [-0.39, 0.29) is 49.4 Å². The molecule has 2 N–H and O–H groups in total. The first-order chi connectivity index (χ1) is 29.0. The fraction of sp³-hybridized carbons (Fsp3) is 0.368. The summed E-state index contributed by atoms with van der Waals surface area (Å²) in [7, 11) is 0. The maximum absolute atomic E-state index is 15.0. The van der Waals surface area contributed by atoms with Crippen LogP contribution in [0.25, 0.3) is 22.0 Å². The zero-order chi connectivity index (χ0) is 45.5. The van der Waals surface area contributed by atoms with Crippen molar-refractivity contribution in [2.75, 3.05) is 17.2 Å². The number of nitrogens with one attached hydrogen (secondary N) is 1. The van der Waals surface area contributed by atoms with Gasteiger partial charge in [-0.2, -0.15) is 49.6 Å². The summed E-state index contributed by atoms with van der Waals surface area (Å²) in [6.45, 7) is -1.88. The number of aliphatic carboxylic acids is 1. The molecule has 1 unspecified atom stereocenters. The number of rotatable bonds is 14. The van der Waals surface area contributed by atoms with Crippen LogP contribution in [0.4, 0.5) is 54.5 Å². The van der Waals surface area contributed by atoms with Crippen molar-refractivity contribution in [1.82, 2.24) is 29.9 Å². The molecule has 0 spiro atoms. The molecule has 0 bridgehead atoms. The fourth-order valence-electron chi connectivity index (χ4n) is 7.09. The molecule has 2 amide bonds. The standard InChI is InChI=1S/C38H32ClF10N7O5S/c1-3-21-4-5-22(23-6-7-25(39)29-31(23)55(17-37(44,45)46)53-34(29)56(62-2)35(60)61-11-9-28(58)59)30(50-21)26(14-18-12-19(40)15-20(41)13-18)51-27(57)16-54-33-24(8-10-36(33,42)43)32(52-54)38(47,48)49/h4-7,12-13,15,26H,3,8-11,14,16-17H2,1-2H3,(H,51,57)(H,58,59). The lowest BCUT2D eigenvalue weighted by molar-refractivity contribution is -0.143. The van der Waals surface area contributed by atoms with Crippen molar-refractivity contribution < 1.29 is 68.1 Å². The van der Waals surface area contributed by atoms with Crippen molar-refractivity contribution in [3.63, 3.8) is 0 Å². The van der Waals surface area contributed by atoms with Crippen LogP contribution in [0.1, 0.15) is 59.7 Å². The van der Waals surface area contributed by atoms with Crippen LogP contribution in [0.3, 0.4) is 0 Å². The van der Waals surface area contributed by atoms with Gasteiger partial charge in [0.05, 0.1) is 34.1 Å². The lowest BCUT2D eigenvalue weighted by Gasteiger charge is -2.23. The van der Waals surface area contributed by atoms with Crippen molar-refractivity contribution in [3.8, 4) is 11.1 Å². The topological polar surface area (TPSA) is 144 Å². The Bertz CT molecular complexity index is 2530. The molecule has 1 aliphatic carbocycles. The highest BCUT2D eigenvalue weighted by Crippen LogP contribution is 2.47. The second-order valence-electron chi connectivity index (χ2n) is 13.9. The minimum absolute atomic E-state index is 0.0356. The van der Waals surface area contributed by atoms with Crippen LogP contribution in [0, 0.1) is 11.6 Å². The number of hydrogen-bond donors (Lipinski definition) is 2. The number of amides is 2. The Morgan fingerprint density at radius 1 is 1.02 bits per heavy atom. The lowest BCUT2D eigenvalue weighted by Crippen LogP contribution is -2.35. The first-order valence-electron chi connectivity index (χ1n) is 18.3. The van der Waals surface area contributed by atoms with E-state index in [2.05, 4.69) is 20.5 Å². The smallest absolute Gasteiger partial charge is 0.435 e. The van der Waals surface area contributed by atoms with E-state index in [4.69, 9.17) is 21.4 Å². The molecular weight excluding hydrogens is 892 g/mol. The highest BCUT2D eigenvalue weighted by Gasteiger charge is 2.50. The normalized spacial score (nSPS) is 14.2. The van der Waals surface area contributed by atoms with Gasteiger partial charge in [0.1, 0.15) is 37.0 Å². The number of ether oxygens (including phenoxy) is 1. The summed E-state index contributed by atoms with van der Waals surface area (Å²) < 4.78 is 150. The van der Waals surface area contributed by atoms with E-state index in [0.717, 1.165) is 16.4 Å². The minimum atomic E-state index is -5.15. The number of carboxylic acids is 1. The van der Waals surface area contributed by atoms with Crippen LogP contribution in [0.2, 0.25) is 5.02 Å². The van der Waals surface area contributed by atoms with Crippen LogP contribution < -0.4 is 9.62 Å². The summed E-state index contributed by atoms with van der Waals surface area (Å²) in [5, 5.41) is 18.4. The molecule has 24 heteroatoms. The van der Waals surface area contributed by atoms with Crippen molar-refractivity contribution in [3.05, 3.63) is 93.0 Å². The molecule has 3 aromatic heterocycles. The Kier molecular flexibility index (Phi) is 13.1. The number of aryl methyl sites for hydroxylation is 1. The fourth-order valence-corrected chi connectivity index (χ4v) is 7.83. The zero-order valence-corrected chi connectivity index (χ0v) is 33.7. The molecule has 3 heterocycles. The quantitative estimate of drug-likeness (QED) is 0.0823.